The molecule has 14 heteroatoms. The van der Waals surface area contributed by atoms with Crippen molar-refractivity contribution in [3.8, 4) is 16.9 Å². The number of aromatic nitrogens is 2. The van der Waals surface area contributed by atoms with Gasteiger partial charge in [-0.1, -0.05) is 33.8 Å². The number of nitrogens with zero attached hydrogens (tertiary/aromatic N) is 1. The molecule has 2 aromatic carbocycles. The maximum atomic E-state index is 14.5. The van der Waals surface area contributed by atoms with Crippen LogP contribution in [0.15, 0.2) is 42.6 Å². The molecule has 14 nitrogen and oxygen atoms in total. The molecule has 2 fully saturated rings. The van der Waals surface area contributed by atoms with E-state index in [4.69, 9.17) is 10.5 Å². The van der Waals surface area contributed by atoms with Gasteiger partial charge in [-0.2, -0.15) is 5.10 Å². The Labute approximate surface area is 287 Å². The second kappa shape index (κ2) is 11.9. The van der Waals surface area contributed by atoms with Gasteiger partial charge in [0.25, 0.3) is 5.91 Å². The van der Waals surface area contributed by atoms with Gasteiger partial charge in [0.15, 0.2) is 17.2 Å². The molecule has 3 aliphatic rings. The van der Waals surface area contributed by atoms with Gasteiger partial charge in [-0.25, -0.2) is 4.79 Å². The number of carbonyl (C=O) groups excluding carboxylic acids is 5. The number of aromatic amines is 1. The van der Waals surface area contributed by atoms with Crippen molar-refractivity contribution in [2.24, 2.45) is 40.2 Å². The molecular weight excluding hydrogens is 648 g/mol. The van der Waals surface area contributed by atoms with Crippen molar-refractivity contribution in [2.75, 3.05) is 12.4 Å². The fourth-order valence-corrected chi connectivity index (χ4v) is 9.47. The number of esters is 1. The van der Waals surface area contributed by atoms with E-state index in [0.717, 1.165) is 0 Å². The second-order valence-electron chi connectivity index (χ2n) is 14.7. The Kier molecular flexibility index (Phi) is 8.28. The molecule has 2 saturated carbocycles. The molecule has 3 aromatic rings. The number of phenolic OH excluding ortho intramolecular Hbond substituents is 1. The molecule has 0 spiro atoms. The van der Waals surface area contributed by atoms with Gasteiger partial charge in [-0.15, -0.1) is 0 Å². The van der Waals surface area contributed by atoms with E-state index in [-0.39, 0.29) is 35.3 Å². The number of rotatable bonds is 6. The Bertz CT molecular complexity index is 1940. The molecule has 6 rings (SSSR count). The normalized spacial score (nSPS) is 31.7. The van der Waals surface area contributed by atoms with E-state index in [0.29, 0.717) is 16.7 Å². The van der Waals surface area contributed by atoms with Crippen LogP contribution in [0.3, 0.4) is 0 Å². The summed E-state index contributed by atoms with van der Waals surface area (Å²) >= 11 is 0. The predicted molar refractivity (Wildman–Crippen MR) is 177 cm³/mol. The van der Waals surface area contributed by atoms with Crippen LogP contribution in [0.4, 0.5) is 5.69 Å². The molecule has 1 aromatic heterocycles. The standard InChI is InChI=1S/C36H40N4O10/c1-15(2)25-28(43)24(31(37)46)29(44)36(49)30(45)26-27(42)23-20(13-34(26,3)14-35(25,36)4)19(6-7-22(23)41)16-10-17(33(48)50-5)12-18(11-16)39-32(47)21-8-9-38-40-21/h6-12,15,24-26,28,30,41,43,45,49H,13-14H2,1-5H3,(H2,37,46)(H,38,40)(H,39,47)/t24-,25+,26-,28?,30?,34-,35-,36+/m1/s1. The number of nitrogens with one attached hydrogen (secondary N) is 2. The highest BCUT2D eigenvalue weighted by molar-refractivity contribution is 6.10. The number of benzene rings is 2. The summed E-state index contributed by atoms with van der Waals surface area (Å²) in [5.41, 5.74) is 1.76. The number of anilines is 1. The number of phenols is 1. The molecular formula is C36H40N4O10. The van der Waals surface area contributed by atoms with Crippen molar-refractivity contribution in [1.29, 1.82) is 0 Å². The molecule has 1 heterocycles. The summed E-state index contributed by atoms with van der Waals surface area (Å²) in [7, 11) is 1.21. The summed E-state index contributed by atoms with van der Waals surface area (Å²) in [5, 5.41) is 56.0. The third-order valence-corrected chi connectivity index (χ3v) is 11.3. The third kappa shape index (κ3) is 4.88. The lowest BCUT2D eigenvalue weighted by Crippen LogP contribution is -2.79. The van der Waals surface area contributed by atoms with Gasteiger partial charge in [0.2, 0.25) is 5.91 Å². The number of H-pyrrole nitrogens is 1. The summed E-state index contributed by atoms with van der Waals surface area (Å²) in [4.78, 5) is 66.6. The topological polar surface area (TPSA) is 242 Å². The summed E-state index contributed by atoms with van der Waals surface area (Å²) in [6.07, 6.45) is -2.16. The van der Waals surface area contributed by atoms with Gasteiger partial charge in [0.1, 0.15) is 23.5 Å². The number of aliphatic hydroxyl groups excluding tert-OH is 2. The number of aliphatic hydroxyl groups is 3. The Balaban J connectivity index is 1.52. The first-order valence-electron chi connectivity index (χ1n) is 16.3. The van der Waals surface area contributed by atoms with Crippen LogP contribution in [-0.4, -0.2) is 84.9 Å². The SMILES string of the molecule is COC(=O)c1cc(NC(=O)c2ccn[nH]2)cc(-c2ccc(O)c3c2C[C@]2(C)C[C@]4(C)[C@@H](C(C)C)C(O)[C@@H](C(N)=O)C(=O)[C@]4(O)C(O)[C@H]2C3=O)c1. The molecule has 50 heavy (non-hydrogen) atoms. The van der Waals surface area contributed by atoms with E-state index in [9.17, 15) is 44.4 Å². The van der Waals surface area contributed by atoms with E-state index in [1.807, 2.05) is 0 Å². The van der Waals surface area contributed by atoms with Gasteiger partial charge in [-0.05, 0) is 77.1 Å². The maximum Gasteiger partial charge on any atom is 0.337 e. The fraction of sp³-hybridized carbons (Fsp3) is 0.444. The molecule has 0 aliphatic heterocycles. The number of Topliss-reactive ketones (excluding diaryl/α,β-unsaturated/α-hetero) is 2. The number of nitrogens with two attached hydrogens (primary N) is 1. The molecule has 2 amide bonds. The number of primary amides is 1. The van der Waals surface area contributed by atoms with Crippen LogP contribution < -0.4 is 11.1 Å². The summed E-state index contributed by atoms with van der Waals surface area (Å²) in [6.45, 7) is 6.86. The molecule has 0 radical (unpaired) electrons. The first kappa shape index (κ1) is 34.9. The highest BCUT2D eigenvalue weighted by atomic mass is 16.5. The quantitative estimate of drug-likeness (QED) is 0.146. The van der Waals surface area contributed by atoms with Gasteiger partial charge in [0, 0.05) is 17.3 Å². The van der Waals surface area contributed by atoms with Gasteiger partial charge >= 0.3 is 5.97 Å². The minimum absolute atomic E-state index is 0.0384. The van der Waals surface area contributed by atoms with Crippen molar-refractivity contribution in [1.82, 2.24) is 10.2 Å². The van der Waals surface area contributed by atoms with E-state index >= 15 is 0 Å². The minimum Gasteiger partial charge on any atom is -0.507 e. The number of hydrogen-bond donors (Lipinski definition) is 7. The van der Waals surface area contributed by atoms with E-state index < -0.39 is 87.4 Å². The minimum atomic E-state index is -2.64. The van der Waals surface area contributed by atoms with Crippen LogP contribution in [0, 0.1) is 34.5 Å². The van der Waals surface area contributed by atoms with Gasteiger partial charge < -0.3 is 36.2 Å². The zero-order valence-corrected chi connectivity index (χ0v) is 28.2. The van der Waals surface area contributed by atoms with E-state index in [2.05, 4.69) is 15.5 Å². The molecule has 8 atom stereocenters. The number of hydrogen-bond acceptors (Lipinski definition) is 11. The number of fused-ring (bicyclic) bond motifs is 3. The Morgan fingerprint density at radius 3 is 2.40 bits per heavy atom. The van der Waals surface area contributed by atoms with Gasteiger partial charge in [0.05, 0.1) is 30.3 Å². The van der Waals surface area contributed by atoms with Crippen LogP contribution >= 0.6 is 0 Å². The molecule has 0 bridgehead atoms. The van der Waals surface area contributed by atoms with Crippen molar-refractivity contribution >= 4 is 35.0 Å². The summed E-state index contributed by atoms with van der Waals surface area (Å²) in [5.74, 6) is -9.17. The van der Waals surface area contributed by atoms with Crippen LogP contribution in [0.1, 0.15) is 70.9 Å². The predicted octanol–water partition coefficient (Wildman–Crippen LogP) is 2.00. The van der Waals surface area contributed by atoms with Crippen LogP contribution in [-0.2, 0) is 20.7 Å². The summed E-state index contributed by atoms with van der Waals surface area (Å²) in [6, 6.07) is 8.87. The van der Waals surface area contributed by atoms with E-state index in [1.165, 1.54) is 37.6 Å². The maximum absolute atomic E-state index is 14.5. The monoisotopic (exact) mass is 688 g/mol. The second-order valence-corrected chi connectivity index (χ2v) is 14.7. The van der Waals surface area contributed by atoms with Crippen molar-refractivity contribution < 1.29 is 49.1 Å². The first-order chi connectivity index (χ1) is 23.4. The summed E-state index contributed by atoms with van der Waals surface area (Å²) < 4.78 is 4.96. The molecule has 2 unspecified atom stereocenters. The zero-order valence-electron chi connectivity index (χ0n) is 28.2. The fourth-order valence-electron chi connectivity index (χ4n) is 9.47. The number of carbonyl (C=O) groups is 5. The number of ether oxygens (including phenoxy) is 1. The Morgan fingerprint density at radius 1 is 1.10 bits per heavy atom. The van der Waals surface area contributed by atoms with Crippen molar-refractivity contribution in [3.63, 3.8) is 0 Å². The number of ketones is 2. The average molecular weight is 689 g/mol. The van der Waals surface area contributed by atoms with Crippen LogP contribution in [0.25, 0.3) is 11.1 Å². The molecule has 264 valence electrons. The van der Waals surface area contributed by atoms with Crippen LogP contribution in [0.2, 0.25) is 0 Å². The lowest BCUT2D eigenvalue weighted by atomic mass is 9.39. The third-order valence-electron chi connectivity index (χ3n) is 11.3. The molecule has 0 saturated heterocycles. The zero-order chi connectivity index (χ0) is 36.7. The lowest BCUT2D eigenvalue weighted by Gasteiger charge is -2.66. The largest absolute Gasteiger partial charge is 0.507 e. The number of amides is 2. The van der Waals surface area contributed by atoms with Crippen molar-refractivity contribution in [3.05, 3.63) is 65.0 Å². The van der Waals surface area contributed by atoms with Gasteiger partial charge in [-0.3, -0.25) is 24.3 Å². The lowest BCUT2D eigenvalue weighted by molar-refractivity contribution is -0.265. The van der Waals surface area contributed by atoms with E-state index in [1.54, 1.807) is 39.8 Å². The Morgan fingerprint density at radius 2 is 1.80 bits per heavy atom. The first-order valence-corrected chi connectivity index (χ1v) is 16.3. The Hall–Kier alpha value is -4.92. The highest BCUT2D eigenvalue weighted by Gasteiger charge is 2.76. The van der Waals surface area contributed by atoms with Crippen molar-refractivity contribution in [2.45, 2.75) is 58.3 Å². The number of methoxy groups -OCH3 is 1. The number of aromatic hydroxyl groups is 1. The van der Waals surface area contributed by atoms with Crippen LogP contribution in [0.5, 0.6) is 5.75 Å². The smallest absolute Gasteiger partial charge is 0.337 e. The molecule has 8 N–H and O–H groups in total. The molecule has 3 aliphatic carbocycles. The average Bonchev–Trinajstić information content (AvgIpc) is 3.57. The highest BCUT2D eigenvalue weighted by Crippen LogP contribution is 2.66.